The molecule has 156 valence electrons. The van der Waals surface area contributed by atoms with Gasteiger partial charge in [0.1, 0.15) is 11.8 Å². The van der Waals surface area contributed by atoms with Crippen LogP contribution in [0.2, 0.25) is 0 Å². The quantitative estimate of drug-likeness (QED) is 0.366. The van der Waals surface area contributed by atoms with Crippen LogP contribution in [0.5, 0.6) is 0 Å². The number of guanidine groups is 1. The molecular weight excluding hydrogens is 472 g/mol. The molecule has 1 aliphatic heterocycles. The zero-order chi connectivity index (χ0) is 19.2. The average molecular weight is 502 g/mol. The molecule has 27 heavy (non-hydrogen) atoms. The van der Waals surface area contributed by atoms with E-state index in [9.17, 15) is 13.2 Å². The summed E-state index contributed by atoms with van der Waals surface area (Å²) < 4.78 is 44.0. The Bertz CT molecular complexity index is 557. The number of halogens is 4. The number of aliphatic imine (C=N–C) groups is 1. The topological polar surface area (TPSA) is 44.0 Å². The Morgan fingerprint density at radius 3 is 2.44 bits per heavy atom. The van der Waals surface area contributed by atoms with Gasteiger partial charge in [-0.3, -0.25) is 9.89 Å². The highest BCUT2D eigenvalue weighted by Gasteiger charge is 2.41. The molecular formula is C18H30F3IN4O. The Hall–Kier alpha value is -0.970. The fourth-order valence-corrected chi connectivity index (χ4v) is 2.81. The number of hydrogen-bond donors (Lipinski definition) is 1. The molecule has 2 rings (SSSR count). The Labute approximate surface area is 176 Å². The molecule has 2 heterocycles. The number of nitrogens with one attached hydrogen (secondary N) is 1. The van der Waals surface area contributed by atoms with Gasteiger partial charge in [-0.2, -0.15) is 13.2 Å². The lowest BCUT2D eigenvalue weighted by molar-refractivity contribution is -0.181. The molecule has 1 aromatic rings. The van der Waals surface area contributed by atoms with Crippen LogP contribution in [-0.2, 0) is 6.42 Å². The monoisotopic (exact) mass is 502 g/mol. The summed E-state index contributed by atoms with van der Waals surface area (Å²) in [6, 6.07) is 2.60. The molecule has 0 aromatic carbocycles. The summed E-state index contributed by atoms with van der Waals surface area (Å²) in [6.45, 7) is 7.77. The van der Waals surface area contributed by atoms with Gasteiger partial charge in [-0.15, -0.1) is 24.0 Å². The molecule has 5 nitrogen and oxygen atoms in total. The van der Waals surface area contributed by atoms with Crippen molar-refractivity contribution in [1.82, 2.24) is 15.1 Å². The first-order valence-electron chi connectivity index (χ1n) is 9.20. The highest BCUT2D eigenvalue weighted by molar-refractivity contribution is 14.0. The summed E-state index contributed by atoms with van der Waals surface area (Å²) in [6.07, 6.45) is -0.901. The van der Waals surface area contributed by atoms with Crippen LogP contribution in [0.15, 0.2) is 27.8 Å². The maximum atomic E-state index is 12.9. The lowest BCUT2D eigenvalue weighted by Gasteiger charge is -2.40. The predicted molar refractivity (Wildman–Crippen MR) is 112 cm³/mol. The molecule has 0 amide bonds. The van der Waals surface area contributed by atoms with Gasteiger partial charge in [0.05, 0.1) is 6.26 Å². The third-order valence-corrected chi connectivity index (χ3v) is 4.82. The number of nitrogens with zero attached hydrogens (tertiary/aromatic N) is 3. The van der Waals surface area contributed by atoms with Gasteiger partial charge in [-0.1, -0.05) is 6.92 Å². The molecule has 0 bridgehead atoms. The first-order valence-corrected chi connectivity index (χ1v) is 9.20. The summed E-state index contributed by atoms with van der Waals surface area (Å²) in [5.74, 6) is 1.64. The molecule has 0 aliphatic carbocycles. The van der Waals surface area contributed by atoms with Gasteiger partial charge in [0.2, 0.25) is 0 Å². The van der Waals surface area contributed by atoms with E-state index in [1.807, 2.05) is 17.0 Å². The third-order valence-electron chi connectivity index (χ3n) is 4.82. The molecule has 2 unspecified atom stereocenters. The van der Waals surface area contributed by atoms with Crippen molar-refractivity contribution < 1.29 is 17.6 Å². The molecule has 1 fully saturated rings. The maximum absolute atomic E-state index is 12.9. The molecule has 0 spiro atoms. The standard InChI is InChI=1S/C18H29F3N4O.HI/c1-4-14(2)23-17(22-8-7-16-6-5-13-26-16)25-11-9-24(10-12-25)15(3)18(19,20)21;/h5-6,13-15H,4,7-12H2,1-3H3,(H,22,23);1H. The van der Waals surface area contributed by atoms with E-state index in [4.69, 9.17) is 4.42 Å². The summed E-state index contributed by atoms with van der Waals surface area (Å²) in [5.41, 5.74) is 0. The van der Waals surface area contributed by atoms with Gasteiger partial charge in [0.15, 0.2) is 5.96 Å². The second-order valence-electron chi connectivity index (χ2n) is 6.73. The SMILES string of the molecule is CCC(C)NC(=NCCc1ccco1)N1CCN(C(C)C(F)(F)F)CC1.I. The van der Waals surface area contributed by atoms with Crippen molar-refractivity contribution in [1.29, 1.82) is 0 Å². The van der Waals surface area contributed by atoms with Crippen LogP contribution >= 0.6 is 24.0 Å². The van der Waals surface area contributed by atoms with E-state index >= 15 is 0 Å². The lowest BCUT2D eigenvalue weighted by Crippen LogP contribution is -2.57. The minimum atomic E-state index is -4.18. The van der Waals surface area contributed by atoms with Crippen molar-refractivity contribution >= 4 is 29.9 Å². The Kier molecular flexibility index (Phi) is 9.92. The molecule has 1 saturated heterocycles. The van der Waals surface area contributed by atoms with E-state index < -0.39 is 12.2 Å². The van der Waals surface area contributed by atoms with Crippen LogP contribution in [0.25, 0.3) is 0 Å². The molecule has 1 N–H and O–H groups in total. The van der Waals surface area contributed by atoms with E-state index in [1.165, 1.54) is 11.8 Å². The third kappa shape index (κ3) is 7.52. The molecule has 0 radical (unpaired) electrons. The Morgan fingerprint density at radius 1 is 1.26 bits per heavy atom. The van der Waals surface area contributed by atoms with Crippen molar-refractivity contribution in [3.05, 3.63) is 24.2 Å². The summed E-state index contributed by atoms with van der Waals surface area (Å²) >= 11 is 0. The highest BCUT2D eigenvalue weighted by atomic mass is 127. The van der Waals surface area contributed by atoms with E-state index in [0.29, 0.717) is 39.1 Å². The number of alkyl halides is 3. The van der Waals surface area contributed by atoms with Crippen LogP contribution in [0.4, 0.5) is 13.2 Å². The molecule has 2 atom stereocenters. The minimum Gasteiger partial charge on any atom is -0.469 e. The highest BCUT2D eigenvalue weighted by Crippen LogP contribution is 2.25. The van der Waals surface area contributed by atoms with Gasteiger partial charge < -0.3 is 14.6 Å². The van der Waals surface area contributed by atoms with Crippen LogP contribution in [0.3, 0.4) is 0 Å². The Balaban J connectivity index is 0.00000364. The summed E-state index contributed by atoms with van der Waals surface area (Å²) in [7, 11) is 0. The normalized spacial score (nSPS) is 18.7. The van der Waals surface area contributed by atoms with Crippen LogP contribution in [-0.4, -0.2) is 66.7 Å². The van der Waals surface area contributed by atoms with Gasteiger partial charge in [0.25, 0.3) is 0 Å². The average Bonchev–Trinajstić information content (AvgIpc) is 3.13. The number of hydrogen-bond acceptors (Lipinski definition) is 3. The van der Waals surface area contributed by atoms with Crippen molar-refractivity contribution in [3.63, 3.8) is 0 Å². The first-order chi connectivity index (χ1) is 12.3. The summed E-state index contributed by atoms with van der Waals surface area (Å²) in [5, 5.41) is 3.40. The fraction of sp³-hybridized carbons (Fsp3) is 0.722. The zero-order valence-corrected chi connectivity index (χ0v) is 18.5. The second-order valence-corrected chi connectivity index (χ2v) is 6.73. The van der Waals surface area contributed by atoms with Crippen LogP contribution in [0.1, 0.15) is 33.0 Å². The van der Waals surface area contributed by atoms with Gasteiger partial charge in [-0.05, 0) is 32.4 Å². The van der Waals surface area contributed by atoms with E-state index in [-0.39, 0.29) is 30.0 Å². The van der Waals surface area contributed by atoms with Gasteiger partial charge in [0, 0.05) is 45.2 Å². The fourth-order valence-electron chi connectivity index (χ4n) is 2.81. The first kappa shape index (κ1) is 24.1. The number of rotatable bonds is 6. The van der Waals surface area contributed by atoms with Crippen molar-refractivity contribution in [2.24, 2.45) is 4.99 Å². The van der Waals surface area contributed by atoms with Crippen molar-refractivity contribution in [2.75, 3.05) is 32.7 Å². The molecule has 1 aromatic heterocycles. The van der Waals surface area contributed by atoms with Gasteiger partial charge in [-0.25, -0.2) is 0 Å². The Morgan fingerprint density at radius 2 is 1.93 bits per heavy atom. The van der Waals surface area contributed by atoms with E-state index in [0.717, 1.165) is 18.1 Å². The van der Waals surface area contributed by atoms with Crippen molar-refractivity contribution in [3.8, 4) is 0 Å². The summed E-state index contributed by atoms with van der Waals surface area (Å²) in [4.78, 5) is 8.20. The number of furan rings is 1. The smallest absolute Gasteiger partial charge is 0.403 e. The zero-order valence-electron chi connectivity index (χ0n) is 16.1. The lowest BCUT2D eigenvalue weighted by atomic mass is 10.2. The molecule has 9 heteroatoms. The van der Waals surface area contributed by atoms with Crippen LogP contribution < -0.4 is 5.32 Å². The molecule has 1 aliphatic rings. The largest absolute Gasteiger partial charge is 0.469 e. The predicted octanol–water partition coefficient (Wildman–Crippen LogP) is 3.75. The number of piperazine rings is 1. The van der Waals surface area contributed by atoms with Gasteiger partial charge >= 0.3 is 6.18 Å². The second kappa shape index (κ2) is 11.1. The van der Waals surface area contributed by atoms with E-state index in [1.54, 1.807) is 6.26 Å². The van der Waals surface area contributed by atoms with Crippen LogP contribution in [0, 0.1) is 0 Å². The van der Waals surface area contributed by atoms with Crippen molar-refractivity contribution in [2.45, 2.75) is 51.9 Å². The minimum absolute atomic E-state index is 0. The van der Waals surface area contributed by atoms with E-state index in [2.05, 4.69) is 24.2 Å². The molecule has 0 saturated carbocycles. The maximum Gasteiger partial charge on any atom is 0.403 e.